The lowest BCUT2D eigenvalue weighted by atomic mass is 10.1. The molecular formula is C19H15NO4S. The Kier molecular flexibility index (Phi) is 5.20. The van der Waals surface area contributed by atoms with Crippen molar-refractivity contribution in [3.8, 4) is 16.3 Å². The van der Waals surface area contributed by atoms with E-state index in [1.54, 1.807) is 36.8 Å². The number of Topliss-reactive ketones (excluding diaryl/α,β-unsaturated/α-hetero) is 1. The summed E-state index contributed by atoms with van der Waals surface area (Å²) in [5, 5.41) is 2.32. The molecule has 0 atom stereocenters. The molecule has 0 N–H and O–H groups in total. The molecule has 5 nitrogen and oxygen atoms in total. The van der Waals surface area contributed by atoms with Gasteiger partial charge in [0.1, 0.15) is 10.8 Å². The van der Waals surface area contributed by atoms with E-state index in [1.165, 1.54) is 11.3 Å². The van der Waals surface area contributed by atoms with Crippen LogP contribution < -0.4 is 4.74 Å². The first-order valence-corrected chi connectivity index (χ1v) is 8.40. The third kappa shape index (κ3) is 4.10. The molecule has 0 saturated heterocycles. The summed E-state index contributed by atoms with van der Waals surface area (Å²) in [5.41, 5.74) is 1.58. The van der Waals surface area contributed by atoms with E-state index in [9.17, 15) is 9.59 Å². The van der Waals surface area contributed by atoms with Crippen LogP contribution in [0.3, 0.4) is 0 Å². The largest absolute Gasteiger partial charge is 0.497 e. The smallest absolute Gasteiger partial charge is 0.358 e. The lowest BCUT2D eigenvalue weighted by Crippen LogP contribution is -2.14. The van der Waals surface area contributed by atoms with Crippen molar-refractivity contribution in [1.29, 1.82) is 0 Å². The number of carbonyl (C=O) groups excluding carboxylic acids is 2. The second kappa shape index (κ2) is 7.72. The fraction of sp³-hybridized carbons (Fsp3) is 0.105. The van der Waals surface area contributed by atoms with E-state index in [0.29, 0.717) is 10.6 Å². The average molecular weight is 353 g/mol. The molecule has 126 valence electrons. The second-order valence-corrected chi connectivity index (χ2v) is 5.99. The average Bonchev–Trinajstić information content (AvgIpc) is 3.17. The summed E-state index contributed by atoms with van der Waals surface area (Å²) in [6.45, 7) is -0.307. The topological polar surface area (TPSA) is 65.5 Å². The zero-order chi connectivity index (χ0) is 17.6. The summed E-state index contributed by atoms with van der Waals surface area (Å²) in [4.78, 5) is 28.3. The minimum Gasteiger partial charge on any atom is -0.497 e. The van der Waals surface area contributed by atoms with Gasteiger partial charge in [0.15, 0.2) is 18.1 Å². The van der Waals surface area contributed by atoms with Gasteiger partial charge in [-0.15, -0.1) is 11.3 Å². The van der Waals surface area contributed by atoms with Gasteiger partial charge in [0, 0.05) is 16.5 Å². The zero-order valence-electron chi connectivity index (χ0n) is 13.5. The summed E-state index contributed by atoms with van der Waals surface area (Å²) in [7, 11) is 1.60. The van der Waals surface area contributed by atoms with Crippen LogP contribution in [0.15, 0.2) is 60.0 Å². The fourth-order valence-electron chi connectivity index (χ4n) is 2.15. The monoisotopic (exact) mass is 353 g/mol. The summed E-state index contributed by atoms with van der Waals surface area (Å²) in [6, 6.07) is 16.1. The van der Waals surface area contributed by atoms with Gasteiger partial charge in [-0.2, -0.15) is 0 Å². The molecular weight excluding hydrogens is 338 g/mol. The molecule has 0 aliphatic heterocycles. The molecule has 0 radical (unpaired) electrons. The summed E-state index contributed by atoms with van der Waals surface area (Å²) in [5.74, 6) is -0.112. The minimum absolute atomic E-state index is 0.191. The summed E-state index contributed by atoms with van der Waals surface area (Å²) < 4.78 is 10.2. The van der Waals surface area contributed by atoms with Crippen LogP contribution in [0, 0.1) is 0 Å². The number of esters is 1. The van der Waals surface area contributed by atoms with Gasteiger partial charge in [-0.1, -0.05) is 30.3 Å². The van der Waals surface area contributed by atoms with Gasteiger partial charge in [-0.25, -0.2) is 9.78 Å². The third-order valence-electron chi connectivity index (χ3n) is 3.48. The number of thiazole rings is 1. The number of hydrogen-bond donors (Lipinski definition) is 0. The van der Waals surface area contributed by atoms with Crippen molar-refractivity contribution < 1.29 is 19.1 Å². The Morgan fingerprint density at radius 2 is 1.76 bits per heavy atom. The van der Waals surface area contributed by atoms with Gasteiger partial charge in [0.05, 0.1) is 7.11 Å². The van der Waals surface area contributed by atoms with Crippen molar-refractivity contribution in [3.05, 3.63) is 71.2 Å². The second-order valence-electron chi connectivity index (χ2n) is 5.13. The van der Waals surface area contributed by atoms with Gasteiger partial charge >= 0.3 is 5.97 Å². The lowest BCUT2D eigenvalue weighted by molar-refractivity contribution is 0.0470. The van der Waals surface area contributed by atoms with Gasteiger partial charge in [0.2, 0.25) is 0 Å². The number of nitrogens with zero attached hydrogens (tertiary/aromatic N) is 1. The highest BCUT2D eigenvalue weighted by Gasteiger charge is 2.15. The SMILES string of the molecule is COc1ccc(-c2nc(C(=O)OCC(=O)c3ccccc3)cs2)cc1. The molecule has 0 unspecified atom stereocenters. The third-order valence-corrected chi connectivity index (χ3v) is 4.37. The number of hydrogen-bond acceptors (Lipinski definition) is 6. The van der Waals surface area contributed by atoms with Crippen LogP contribution >= 0.6 is 11.3 Å². The Morgan fingerprint density at radius 3 is 2.44 bits per heavy atom. The number of aromatic nitrogens is 1. The van der Waals surface area contributed by atoms with Crippen molar-refractivity contribution in [2.24, 2.45) is 0 Å². The first-order chi connectivity index (χ1) is 12.2. The van der Waals surface area contributed by atoms with E-state index < -0.39 is 5.97 Å². The quantitative estimate of drug-likeness (QED) is 0.497. The van der Waals surface area contributed by atoms with Crippen LogP contribution in [0.25, 0.3) is 10.6 Å². The van der Waals surface area contributed by atoms with E-state index >= 15 is 0 Å². The number of methoxy groups -OCH3 is 1. The van der Waals surface area contributed by atoms with Gasteiger partial charge < -0.3 is 9.47 Å². The number of benzene rings is 2. The highest BCUT2D eigenvalue weighted by Crippen LogP contribution is 2.25. The number of carbonyl (C=O) groups is 2. The Balaban J connectivity index is 1.63. The van der Waals surface area contributed by atoms with E-state index in [2.05, 4.69) is 4.98 Å². The predicted molar refractivity (Wildman–Crippen MR) is 95.2 cm³/mol. The minimum atomic E-state index is -0.611. The van der Waals surface area contributed by atoms with Crippen molar-refractivity contribution in [1.82, 2.24) is 4.98 Å². The first kappa shape index (κ1) is 16.9. The summed E-state index contributed by atoms with van der Waals surface area (Å²) in [6.07, 6.45) is 0. The molecule has 0 aliphatic carbocycles. The molecule has 2 aromatic carbocycles. The predicted octanol–water partition coefficient (Wildman–Crippen LogP) is 3.86. The fourth-order valence-corrected chi connectivity index (χ4v) is 2.94. The molecule has 1 aromatic heterocycles. The summed E-state index contributed by atoms with van der Waals surface area (Å²) >= 11 is 1.34. The van der Waals surface area contributed by atoms with E-state index in [4.69, 9.17) is 9.47 Å². The molecule has 25 heavy (non-hydrogen) atoms. The van der Waals surface area contributed by atoms with E-state index in [-0.39, 0.29) is 18.1 Å². The molecule has 3 aromatic rings. The maximum Gasteiger partial charge on any atom is 0.358 e. The van der Waals surface area contributed by atoms with Crippen LogP contribution in [0.5, 0.6) is 5.75 Å². The molecule has 0 saturated carbocycles. The van der Waals surface area contributed by atoms with Crippen LogP contribution in [0.2, 0.25) is 0 Å². The van der Waals surface area contributed by atoms with Crippen LogP contribution in [0.1, 0.15) is 20.8 Å². The molecule has 1 heterocycles. The highest BCUT2D eigenvalue weighted by molar-refractivity contribution is 7.13. The van der Waals surface area contributed by atoms with Gasteiger partial charge in [-0.05, 0) is 24.3 Å². The Bertz CT molecular complexity index is 872. The van der Waals surface area contributed by atoms with Crippen molar-refractivity contribution in [2.75, 3.05) is 13.7 Å². The first-order valence-electron chi connectivity index (χ1n) is 7.52. The van der Waals surface area contributed by atoms with Crippen molar-refractivity contribution >= 4 is 23.1 Å². The Hall–Kier alpha value is -2.99. The normalized spacial score (nSPS) is 10.3. The van der Waals surface area contributed by atoms with Crippen LogP contribution in [-0.2, 0) is 4.74 Å². The van der Waals surface area contributed by atoms with Crippen LogP contribution in [-0.4, -0.2) is 30.5 Å². The zero-order valence-corrected chi connectivity index (χ0v) is 14.3. The maximum absolute atomic E-state index is 12.1. The molecule has 0 spiro atoms. The van der Waals surface area contributed by atoms with Gasteiger partial charge in [0.25, 0.3) is 0 Å². The maximum atomic E-state index is 12.1. The standard InChI is InChI=1S/C19H15NO4S/c1-23-15-9-7-14(8-10-15)18-20-16(12-25-18)19(22)24-11-17(21)13-5-3-2-4-6-13/h2-10,12H,11H2,1H3. The molecule has 6 heteroatoms. The van der Waals surface area contributed by atoms with Gasteiger partial charge in [-0.3, -0.25) is 4.79 Å². The Labute approximate surface area is 148 Å². The molecule has 0 fully saturated rings. The number of ketones is 1. The molecule has 0 amide bonds. The number of ether oxygens (including phenoxy) is 2. The van der Waals surface area contributed by atoms with E-state index in [1.807, 2.05) is 30.3 Å². The lowest BCUT2D eigenvalue weighted by Gasteiger charge is -2.02. The molecule has 3 rings (SSSR count). The highest BCUT2D eigenvalue weighted by atomic mass is 32.1. The number of rotatable bonds is 6. The molecule has 0 aliphatic rings. The molecule has 0 bridgehead atoms. The van der Waals surface area contributed by atoms with Crippen molar-refractivity contribution in [2.45, 2.75) is 0 Å². The van der Waals surface area contributed by atoms with Crippen molar-refractivity contribution in [3.63, 3.8) is 0 Å². The Morgan fingerprint density at radius 1 is 1.04 bits per heavy atom. The van der Waals surface area contributed by atoms with E-state index in [0.717, 1.165) is 11.3 Å². The van der Waals surface area contributed by atoms with Crippen LogP contribution in [0.4, 0.5) is 0 Å².